The topological polar surface area (TPSA) is 80.4 Å². The molecule has 2 aromatic rings. The highest BCUT2D eigenvalue weighted by Crippen LogP contribution is 2.26. The van der Waals surface area contributed by atoms with E-state index in [-0.39, 0.29) is 11.3 Å². The summed E-state index contributed by atoms with van der Waals surface area (Å²) in [6.45, 7) is 2.09. The normalized spacial score (nSPS) is 10.3. The third-order valence-corrected chi connectivity index (χ3v) is 3.20. The van der Waals surface area contributed by atoms with E-state index >= 15 is 0 Å². The fourth-order valence-electron chi connectivity index (χ4n) is 2.16. The van der Waals surface area contributed by atoms with E-state index in [0.29, 0.717) is 5.56 Å². The van der Waals surface area contributed by atoms with E-state index in [4.69, 9.17) is 5.11 Å². The monoisotopic (exact) mass is 285 g/mol. The van der Waals surface area contributed by atoms with Crippen molar-refractivity contribution in [2.45, 2.75) is 19.8 Å². The lowest BCUT2D eigenvalue weighted by atomic mass is 10.00. The number of hydrogen-bond acceptors (Lipinski definition) is 3. The molecule has 2 rings (SSSR count). The van der Waals surface area contributed by atoms with Crippen LogP contribution in [0.15, 0.2) is 42.5 Å². The molecule has 1 N–H and O–H groups in total. The van der Waals surface area contributed by atoms with E-state index in [1.165, 1.54) is 17.7 Å². The average Bonchev–Trinajstić information content (AvgIpc) is 2.47. The molecule has 108 valence electrons. The lowest BCUT2D eigenvalue weighted by molar-refractivity contribution is -0.384. The summed E-state index contributed by atoms with van der Waals surface area (Å²) < 4.78 is 0. The van der Waals surface area contributed by atoms with Crippen molar-refractivity contribution in [2.75, 3.05) is 0 Å². The summed E-state index contributed by atoms with van der Waals surface area (Å²) in [6, 6.07) is 11.5. The molecule has 0 aliphatic heterocycles. The Kier molecular flexibility index (Phi) is 4.33. The fourth-order valence-corrected chi connectivity index (χ4v) is 2.16. The highest BCUT2D eigenvalue weighted by molar-refractivity contribution is 5.90. The molecular weight excluding hydrogens is 270 g/mol. The van der Waals surface area contributed by atoms with Crippen LogP contribution in [0.25, 0.3) is 11.1 Å². The number of aryl methyl sites for hydroxylation is 1. The van der Waals surface area contributed by atoms with Crippen LogP contribution < -0.4 is 0 Å². The first kappa shape index (κ1) is 14.7. The minimum Gasteiger partial charge on any atom is -0.478 e. The highest BCUT2D eigenvalue weighted by Gasteiger charge is 2.14. The smallest absolute Gasteiger partial charge is 0.335 e. The van der Waals surface area contributed by atoms with Crippen LogP contribution >= 0.6 is 0 Å². The second kappa shape index (κ2) is 6.17. The number of non-ortho nitro benzene ring substituents is 1. The number of benzene rings is 2. The fraction of sp³-hybridized carbons (Fsp3) is 0.188. The lowest BCUT2D eigenvalue weighted by Crippen LogP contribution is -1.99. The second-order valence-corrected chi connectivity index (χ2v) is 4.78. The van der Waals surface area contributed by atoms with Gasteiger partial charge in [-0.15, -0.1) is 0 Å². The Balaban J connectivity index is 2.46. The van der Waals surface area contributed by atoms with Crippen molar-refractivity contribution in [3.8, 4) is 11.1 Å². The predicted molar refractivity (Wildman–Crippen MR) is 79.5 cm³/mol. The molecule has 0 aromatic heterocycles. The van der Waals surface area contributed by atoms with E-state index < -0.39 is 10.9 Å². The van der Waals surface area contributed by atoms with Crippen LogP contribution in [0.3, 0.4) is 0 Å². The summed E-state index contributed by atoms with van der Waals surface area (Å²) in [5.74, 6) is -1.18. The quantitative estimate of drug-likeness (QED) is 0.667. The Bertz CT molecular complexity index is 645. The molecule has 0 spiro atoms. The predicted octanol–water partition coefficient (Wildman–Crippen LogP) is 3.91. The molecule has 0 bridgehead atoms. The summed E-state index contributed by atoms with van der Waals surface area (Å²) in [5.41, 5.74) is 2.18. The second-order valence-electron chi connectivity index (χ2n) is 4.78. The third kappa shape index (κ3) is 3.45. The number of carboxylic acids is 1. The molecule has 0 aliphatic carbocycles. The number of nitro groups is 1. The van der Waals surface area contributed by atoms with Gasteiger partial charge >= 0.3 is 5.97 Å². The van der Waals surface area contributed by atoms with Crippen molar-refractivity contribution in [2.24, 2.45) is 0 Å². The summed E-state index contributed by atoms with van der Waals surface area (Å²) in [6.07, 6.45) is 2.01. The molecule has 0 radical (unpaired) electrons. The van der Waals surface area contributed by atoms with Crippen molar-refractivity contribution < 1.29 is 14.8 Å². The van der Waals surface area contributed by atoms with Crippen LogP contribution in [0, 0.1) is 10.1 Å². The molecule has 2 aromatic carbocycles. The molecule has 0 unspecified atom stereocenters. The Morgan fingerprint density at radius 2 is 1.81 bits per heavy atom. The molecule has 0 saturated heterocycles. The Hall–Kier alpha value is -2.69. The van der Waals surface area contributed by atoms with Crippen LogP contribution in [-0.4, -0.2) is 16.0 Å². The lowest BCUT2D eigenvalue weighted by Gasteiger charge is -2.05. The average molecular weight is 285 g/mol. The molecule has 0 amide bonds. The van der Waals surface area contributed by atoms with Crippen LogP contribution in [0.4, 0.5) is 5.69 Å². The zero-order chi connectivity index (χ0) is 15.4. The van der Waals surface area contributed by atoms with Gasteiger partial charge in [-0.25, -0.2) is 4.79 Å². The zero-order valence-electron chi connectivity index (χ0n) is 11.6. The first-order valence-electron chi connectivity index (χ1n) is 6.63. The van der Waals surface area contributed by atoms with E-state index in [0.717, 1.165) is 24.5 Å². The maximum Gasteiger partial charge on any atom is 0.335 e. The number of carboxylic acid groups (broad SMARTS) is 1. The Morgan fingerprint density at radius 3 is 2.33 bits per heavy atom. The first-order valence-corrected chi connectivity index (χ1v) is 6.63. The van der Waals surface area contributed by atoms with Gasteiger partial charge in [0, 0.05) is 12.1 Å². The van der Waals surface area contributed by atoms with E-state index in [2.05, 4.69) is 6.92 Å². The summed E-state index contributed by atoms with van der Waals surface area (Å²) in [7, 11) is 0. The van der Waals surface area contributed by atoms with E-state index in [1.807, 2.05) is 24.3 Å². The molecule has 0 fully saturated rings. The number of carbonyl (C=O) groups is 1. The van der Waals surface area contributed by atoms with Gasteiger partial charge in [-0.05, 0) is 29.2 Å². The van der Waals surface area contributed by atoms with Gasteiger partial charge in [0.25, 0.3) is 5.69 Å². The van der Waals surface area contributed by atoms with E-state index in [1.54, 1.807) is 0 Å². The number of nitrogens with zero attached hydrogens (tertiary/aromatic N) is 1. The molecule has 0 aliphatic rings. The van der Waals surface area contributed by atoms with Crippen molar-refractivity contribution in [3.05, 3.63) is 63.7 Å². The number of nitro benzene ring substituents is 1. The first-order chi connectivity index (χ1) is 10.0. The summed E-state index contributed by atoms with van der Waals surface area (Å²) in [5, 5.41) is 20.0. The van der Waals surface area contributed by atoms with Gasteiger partial charge in [-0.2, -0.15) is 0 Å². The third-order valence-electron chi connectivity index (χ3n) is 3.20. The van der Waals surface area contributed by atoms with Crippen molar-refractivity contribution in [1.82, 2.24) is 0 Å². The molecular formula is C16H15NO4. The van der Waals surface area contributed by atoms with Crippen LogP contribution in [0.2, 0.25) is 0 Å². The standard InChI is InChI=1S/C16H15NO4/c1-2-3-11-4-6-12(7-5-11)13-8-14(16(18)19)10-15(9-13)17(20)21/h4-10H,2-3H2,1H3,(H,18,19). The van der Waals surface area contributed by atoms with Crippen molar-refractivity contribution in [1.29, 1.82) is 0 Å². The minimum absolute atomic E-state index is 0.0863. The van der Waals surface area contributed by atoms with Crippen molar-refractivity contribution in [3.63, 3.8) is 0 Å². The van der Waals surface area contributed by atoms with Gasteiger partial charge in [0.2, 0.25) is 0 Å². The van der Waals surface area contributed by atoms with Crippen molar-refractivity contribution >= 4 is 11.7 Å². The van der Waals surface area contributed by atoms with Gasteiger partial charge in [-0.1, -0.05) is 37.6 Å². The molecule has 5 nitrogen and oxygen atoms in total. The van der Waals surface area contributed by atoms with Gasteiger partial charge in [0.05, 0.1) is 10.5 Å². The SMILES string of the molecule is CCCc1ccc(-c2cc(C(=O)O)cc([N+](=O)[O-])c2)cc1. The zero-order valence-corrected chi connectivity index (χ0v) is 11.6. The number of hydrogen-bond donors (Lipinski definition) is 1. The molecule has 21 heavy (non-hydrogen) atoms. The van der Waals surface area contributed by atoms with Gasteiger partial charge in [0.15, 0.2) is 0 Å². The number of rotatable bonds is 5. The number of aromatic carboxylic acids is 1. The molecule has 0 atom stereocenters. The Morgan fingerprint density at radius 1 is 1.14 bits per heavy atom. The van der Waals surface area contributed by atoms with Gasteiger partial charge < -0.3 is 5.11 Å². The Labute approximate surface area is 122 Å². The molecule has 5 heteroatoms. The maximum absolute atomic E-state index is 11.1. The molecule has 0 saturated carbocycles. The minimum atomic E-state index is -1.18. The molecule has 0 heterocycles. The van der Waals surface area contributed by atoms with E-state index in [9.17, 15) is 14.9 Å². The van der Waals surface area contributed by atoms with Gasteiger partial charge in [0.1, 0.15) is 0 Å². The van der Waals surface area contributed by atoms with Crippen LogP contribution in [-0.2, 0) is 6.42 Å². The largest absolute Gasteiger partial charge is 0.478 e. The summed E-state index contributed by atoms with van der Waals surface area (Å²) in [4.78, 5) is 21.4. The van der Waals surface area contributed by atoms with Gasteiger partial charge in [-0.3, -0.25) is 10.1 Å². The van der Waals surface area contributed by atoms with Crippen LogP contribution in [0.5, 0.6) is 0 Å². The maximum atomic E-state index is 11.1. The van der Waals surface area contributed by atoms with Crippen LogP contribution in [0.1, 0.15) is 29.3 Å². The summed E-state index contributed by atoms with van der Waals surface area (Å²) >= 11 is 0. The highest BCUT2D eigenvalue weighted by atomic mass is 16.6.